The molecule has 11 unspecified atom stereocenters. The number of aryl methyl sites for hydroxylation is 1. The van der Waals surface area contributed by atoms with Gasteiger partial charge in [-0.1, -0.05) is 71.1 Å². The minimum atomic E-state index is -1.08. The van der Waals surface area contributed by atoms with Gasteiger partial charge in [-0.3, -0.25) is 14.4 Å². The lowest BCUT2D eigenvalue weighted by atomic mass is 9.76. The van der Waals surface area contributed by atoms with Crippen LogP contribution in [0.1, 0.15) is 85.6 Å². The Hall–Kier alpha value is -2.41. The van der Waals surface area contributed by atoms with Crippen molar-refractivity contribution in [1.29, 1.82) is 0 Å². The maximum atomic E-state index is 14.5. The van der Waals surface area contributed by atoms with Crippen LogP contribution >= 0.6 is 0 Å². The predicted octanol–water partition coefficient (Wildman–Crippen LogP) is 5.32. The van der Waals surface area contributed by atoms with Crippen molar-refractivity contribution in [2.24, 2.45) is 35.5 Å². The summed E-state index contributed by atoms with van der Waals surface area (Å²) in [6.07, 6.45) is 5.76. The van der Waals surface area contributed by atoms with E-state index in [9.17, 15) is 14.4 Å². The standard InChI is InChI=1S/C33H49N3O4/c1-18-14-16-24(17-15-18)34-30(37)27-23(6)40-33(7)28(27)32(39)36(26-13-9-11-20(3)22(26)5)29(33)31(38)35-25-12-8-10-19(2)21(25)4/h14-17,19-23,25-29H,8-13H2,1-7H3,(H,34,37)(H,35,38). The summed E-state index contributed by atoms with van der Waals surface area (Å²) in [7, 11) is 0. The zero-order valence-corrected chi connectivity index (χ0v) is 25.4. The van der Waals surface area contributed by atoms with Crippen LogP contribution in [0.15, 0.2) is 24.3 Å². The van der Waals surface area contributed by atoms with Gasteiger partial charge in [-0.25, -0.2) is 0 Å². The van der Waals surface area contributed by atoms with E-state index in [1.807, 2.05) is 49.9 Å². The highest BCUT2D eigenvalue weighted by molar-refractivity contribution is 6.01. The molecule has 3 amide bonds. The molecule has 40 heavy (non-hydrogen) atoms. The number of carbonyl (C=O) groups excluding carboxylic acids is 3. The second kappa shape index (κ2) is 11.1. The third-order valence-electron chi connectivity index (χ3n) is 11.2. The topological polar surface area (TPSA) is 87.7 Å². The summed E-state index contributed by atoms with van der Waals surface area (Å²) < 4.78 is 6.60. The van der Waals surface area contributed by atoms with Gasteiger partial charge in [0.25, 0.3) is 0 Å². The van der Waals surface area contributed by atoms with Crippen molar-refractivity contribution in [2.45, 2.75) is 117 Å². The number of rotatable bonds is 5. The molecule has 4 aliphatic rings. The monoisotopic (exact) mass is 551 g/mol. The Kier molecular flexibility index (Phi) is 8.08. The van der Waals surface area contributed by atoms with Gasteiger partial charge in [-0.05, 0) is 69.4 Å². The second-order valence-electron chi connectivity index (χ2n) is 13.7. The van der Waals surface area contributed by atoms with E-state index in [2.05, 4.69) is 38.3 Å². The Morgan fingerprint density at radius 2 is 1.52 bits per heavy atom. The van der Waals surface area contributed by atoms with Gasteiger partial charge in [0.2, 0.25) is 17.7 Å². The summed E-state index contributed by atoms with van der Waals surface area (Å²) in [4.78, 5) is 44.5. The maximum absolute atomic E-state index is 14.5. The molecule has 220 valence electrons. The van der Waals surface area contributed by atoms with Gasteiger partial charge < -0.3 is 20.3 Å². The minimum Gasteiger partial charge on any atom is -0.368 e. The fourth-order valence-corrected chi connectivity index (χ4v) is 8.33. The molecule has 2 aliphatic heterocycles. The van der Waals surface area contributed by atoms with Crippen LogP contribution < -0.4 is 10.6 Å². The summed E-state index contributed by atoms with van der Waals surface area (Å²) in [6, 6.07) is 6.94. The van der Waals surface area contributed by atoms with Gasteiger partial charge in [-0.2, -0.15) is 0 Å². The summed E-state index contributed by atoms with van der Waals surface area (Å²) in [5.41, 5.74) is 0.721. The molecular formula is C33H49N3O4. The molecule has 2 saturated heterocycles. The first-order valence-corrected chi connectivity index (χ1v) is 15.6. The van der Waals surface area contributed by atoms with Crippen LogP contribution in [0.5, 0.6) is 0 Å². The van der Waals surface area contributed by atoms with Crippen molar-refractivity contribution >= 4 is 23.4 Å². The van der Waals surface area contributed by atoms with Gasteiger partial charge in [-0.15, -0.1) is 0 Å². The molecule has 0 bridgehead atoms. The molecule has 2 heterocycles. The molecule has 0 radical (unpaired) electrons. The molecule has 2 aliphatic carbocycles. The van der Waals surface area contributed by atoms with Gasteiger partial charge in [0.15, 0.2) is 0 Å². The van der Waals surface area contributed by atoms with Crippen LogP contribution in [0.3, 0.4) is 0 Å². The summed E-state index contributed by atoms with van der Waals surface area (Å²) in [5, 5.41) is 6.42. The van der Waals surface area contributed by atoms with Crippen molar-refractivity contribution in [1.82, 2.24) is 10.2 Å². The molecular weight excluding hydrogens is 502 g/mol. The SMILES string of the molecule is Cc1ccc(NC(=O)C2C(C)OC3(C)C2C(=O)N(C2CCCC(C)C2C)C3C(=O)NC2CCCC(C)C2C)cc1. The average Bonchev–Trinajstić information content (AvgIpc) is 3.29. The lowest BCUT2D eigenvalue weighted by molar-refractivity contribution is -0.149. The van der Waals surface area contributed by atoms with Gasteiger partial charge in [0.1, 0.15) is 11.6 Å². The number of carbonyl (C=O) groups is 3. The number of hydrogen-bond acceptors (Lipinski definition) is 4. The molecule has 1 aromatic carbocycles. The third-order valence-corrected chi connectivity index (χ3v) is 11.2. The third kappa shape index (κ3) is 4.97. The molecule has 0 aromatic heterocycles. The van der Waals surface area contributed by atoms with Crippen molar-refractivity contribution in [2.75, 3.05) is 5.32 Å². The van der Waals surface area contributed by atoms with Crippen LogP contribution in [-0.2, 0) is 19.1 Å². The van der Waals surface area contributed by atoms with E-state index in [1.54, 1.807) is 0 Å². The second-order valence-corrected chi connectivity index (χ2v) is 13.7. The Bertz CT molecular complexity index is 1120. The largest absolute Gasteiger partial charge is 0.368 e. The predicted molar refractivity (Wildman–Crippen MR) is 156 cm³/mol. The molecule has 7 heteroatoms. The number of nitrogens with zero attached hydrogens (tertiary/aromatic N) is 1. The minimum absolute atomic E-state index is 0.0446. The molecule has 0 spiro atoms. The normalized spacial score (nSPS) is 41.5. The first kappa shape index (κ1) is 29.1. The summed E-state index contributed by atoms with van der Waals surface area (Å²) >= 11 is 0. The van der Waals surface area contributed by atoms with Crippen molar-refractivity contribution in [3.8, 4) is 0 Å². The fourth-order valence-electron chi connectivity index (χ4n) is 8.33. The lowest BCUT2D eigenvalue weighted by Gasteiger charge is -2.45. The van der Waals surface area contributed by atoms with Gasteiger partial charge in [0.05, 0.1) is 17.9 Å². The van der Waals surface area contributed by atoms with E-state index in [1.165, 1.54) is 6.42 Å². The van der Waals surface area contributed by atoms with Crippen LogP contribution in [0.2, 0.25) is 0 Å². The Morgan fingerprint density at radius 1 is 0.900 bits per heavy atom. The number of amides is 3. The van der Waals surface area contributed by atoms with E-state index in [0.717, 1.165) is 37.7 Å². The fraction of sp³-hybridized carbons (Fsp3) is 0.727. The molecule has 1 aromatic rings. The Balaban J connectivity index is 1.48. The van der Waals surface area contributed by atoms with Crippen molar-refractivity contribution in [3.63, 3.8) is 0 Å². The van der Waals surface area contributed by atoms with E-state index in [-0.39, 0.29) is 35.7 Å². The molecule has 2 saturated carbocycles. The van der Waals surface area contributed by atoms with Crippen LogP contribution in [-0.4, -0.2) is 52.5 Å². The number of benzene rings is 1. The zero-order valence-electron chi connectivity index (χ0n) is 25.4. The summed E-state index contributed by atoms with van der Waals surface area (Å²) in [5.74, 6) is -0.199. The number of hydrogen-bond donors (Lipinski definition) is 2. The van der Waals surface area contributed by atoms with Crippen molar-refractivity contribution < 1.29 is 19.1 Å². The number of fused-ring (bicyclic) bond motifs is 1. The quantitative estimate of drug-likeness (QED) is 0.519. The number of nitrogens with one attached hydrogen (secondary N) is 2. The average molecular weight is 552 g/mol. The first-order chi connectivity index (χ1) is 18.9. The van der Waals surface area contributed by atoms with Gasteiger partial charge >= 0.3 is 0 Å². The van der Waals surface area contributed by atoms with E-state index in [4.69, 9.17) is 4.74 Å². The van der Waals surface area contributed by atoms with E-state index in [0.29, 0.717) is 23.4 Å². The number of anilines is 1. The number of ether oxygens (including phenoxy) is 1. The van der Waals surface area contributed by atoms with Crippen LogP contribution in [0.25, 0.3) is 0 Å². The van der Waals surface area contributed by atoms with Gasteiger partial charge in [0, 0.05) is 17.8 Å². The maximum Gasteiger partial charge on any atom is 0.246 e. The Morgan fingerprint density at radius 3 is 2.20 bits per heavy atom. The molecule has 11 atom stereocenters. The van der Waals surface area contributed by atoms with Crippen LogP contribution in [0.4, 0.5) is 5.69 Å². The first-order valence-electron chi connectivity index (χ1n) is 15.6. The zero-order chi connectivity index (χ0) is 28.9. The molecule has 5 rings (SSSR count). The van der Waals surface area contributed by atoms with E-state index < -0.39 is 29.6 Å². The molecule has 4 fully saturated rings. The lowest BCUT2D eigenvalue weighted by Crippen LogP contribution is -2.61. The van der Waals surface area contributed by atoms with Crippen molar-refractivity contribution in [3.05, 3.63) is 29.8 Å². The van der Waals surface area contributed by atoms with Crippen LogP contribution in [0, 0.1) is 42.4 Å². The highest BCUT2D eigenvalue weighted by atomic mass is 16.5. The molecule has 7 nitrogen and oxygen atoms in total. The summed E-state index contributed by atoms with van der Waals surface area (Å²) in [6.45, 7) is 14.7. The highest BCUT2D eigenvalue weighted by Crippen LogP contribution is 2.52. The number of likely N-dealkylation sites (tertiary alicyclic amines) is 1. The smallest absolute Gasteiger partial charge is 0.246 e. The Labute approximate surface area is 240 Å². The highest BCUT2D eigenvalue weighted by Gasteiger charge is 2.70. The van der Waals surface area contributed by atoms with E-state index >= 15 is 0 Å². The molecule has 2 N–H and O–H groups in total.